The van der Waals surface area contributed by atoms with Crippen LogP contribution in [0, 0.1) is 5.41 Å². The highest BCUT2D eigenvalue weighted by atomic mass is 16.5. The SMILES string of the molecule is COc1ccc(C(=O)N[C@H]2CC(C)(C)Cc3c2cnn3-c2ccccc2)cc1OC. The summed E-state index contributed by atoms with van der Waals surface area (Å²) in [5.74, 6) is 0.989. The third-order valence-electron chi connectivity index (χ3n) is 5.63. The Morgan fingerprint density at radius 2 is 1.83 bits per heavy atom. The van der Waals surface area contributed by atoms with Crippen LogP contribution in [0.4, 0.5) is 0 Å². The molecule has 0 saturated heterocycles. The van der Waals surface area contributed by atoms with Gasteiger partial charge in [-0.2, -0.15) is 5.10 Å². The zero-order valence-corrected chi connectivity index (χ0v) is 17.8. The normalized spacial score (nSPS) is 17.1. The van der Waals surface area contributed by atoms with Gasteiger partial charge < -0.3 is 14.8 Å². The molecule has 2 aromatic carbocycles. The maximum atomic E-state index is 13.0. The van der Waals surface area contributed by atoms with Crippen molar-refractivity contribution in [3.8, 4) is 17.2 Å². The zero-order chi connectivity index (χ0) is 21.3. The average Bonchev–Trinajstić information content (AvgIpc) is 3.16. The van der Waals surface area contributed by atoms with Crippen LogP contribution >= 0.6 is 0 Å². The van der Waals surface area contributed by atoms with Gasteiger partial charge in [-0.15, -0.1) is 0 Å². The number of benzene rings is 2. The highest BCUT2D eigenvalue weighted by molar-refractivity contribution is 5.95. The lowest BCUT2D eigenvalue weighted by Gasteiger charge is -2.36. The van der Waals surface area contributed by atoms with E-state index in [1.165, 1.54) is 0 Å². The van der Waals surface area contributed by atoms with Crippen molar-refractivity contribution in [2.75, 3.05) is 14.2 Å². The summed E-state index contributed by atoms with van der Waals surface area (Å²) in [6, 6.07) is 15.2. The minimum absolute atomic E-state index is 0.0368. The van der Waals surface area contributed by atoms with Crippen molar-refractivity contribution in [1.29, 1.82) is 0 Å². The Bertz CT molecular complexity index is 1060. The fourth-order valence-corrected chi connectivity index (χ4v) is 4.18. The second-order valence-corrected chi connectivity index (χ2v) is 8.43. The summed E-state index contributed by atoms with van der Waals surface area (Å²) in [4.78, 5) is 13.0. The monoisotopic (exact) mass is 405 g/mol. The molecule has 1 aliphatic carbocycles. The average molecular weight is 405 g/mol. The van der Waals surface area contributed by atoms with E-state index in [0.717, 1.165) is 29.8 Å². The molecule has 1 aromatic heterocycles. The van der Waals surface area contributed by atoms with Crippen molar-refractivity contribution in [3.05, 3.63) is 71.5 Å². The molecule has 0 fully saturated rings. The van der Waals surface area contributed by atoms with Gasteiger partial charge in [0.05, 0.1) is 37.8 Å². The second kappa shape index (κ2) is 7.86. The first-order chi connectivity index (χ1) is 14.4. The zero-order valence-electron chi connectivity index (χ0n) is 17.8. The maximum Gasteiger partial charge on any atom is 0.251 e. The molecule has 6 heteroatoms. The Hall–Kier alpha value is -3.28. The van der Waals surface area contributed by atoms with E-state index in [-0.39, 0.29) is 17.4 Å². The van der Waals surface area contributed by atoms with Crippen LogP contribution in [0.1, 0.15) is 47.9 Å². The Balaban J connectivity index is 1.64. The maximum absolute atomic E-state index is 13.0. The van der Waals surface area contributed by atoms with E-state index in [1.54, 1.807) is 32.4 Å². The molecule has 156 valence electrons. The molecule has 30 heavy (non-hydrogen) atoms. The lowest BCUT2D eigenvalue weighted by atomic mass is 9.74. The lowest BCUT2D eigenvalue weighted by molar-refractivity contribution is 0.0919. The molecule has 0 bridgehead atoms. The third kappa shape index (κ3) is 3.77. The number of carbonyl (C=O) groups excluding carboxylic acids is 1. The van der Waals surface area contributed by atoms with Gasteiger partial charge in [-0.25, -0.2) is 4.68 Å². The smallest absolute Gasteiger partial charge is 0.251 e. The number of rotatable bonds is 5. The highest BCUT2D eigenvalue weighted by Crippen LogP contribution is 2.41. The van der Waals surface area contributed by atoms with Crippen LogP contribution in [0.25, 0.3) is 5.69 Å². The number of nitrogens with zero attached hydrogens (tertiary/aromatic N) is 2. The summed E-state index contributed by atoms with van der Waals surface area (Å²) in [7, 11) is 3.14. The summed E-state index contributed by atoms with van der Waals surface area (Å²) in [5.41, 5.74) is 3.83. The number of carbonyl (C=O) groups is 1. The van der Waals surface area contributed by atoms with E-state index in [2.05, 4.69) is 24.3 Å². The fraction of sp³-hybridized carbons (Fsp3) is 0.333. The molecule has 4 rings (SSSR count). The number of ether oxygens (including phenoxy) is 2. The van der Waals surface area contributed by atoms with Crippen molar-refractivity contribution in [2.45, 2.75) is 32.7 Å². The number of hydrogen-bond donors (Lipinski definition) is 1. The van der Waals surface area contributed by atoms with Crippen LogP contribution in [0.5, 0.6) is 11.5 Å². The second-order valence-electron chi connectivity index (χ2n) is 8.43. The van der Waals surface area contributed by atoms with Crippen molar-refractivity contribution in [1.82, 2.24) is 15.1 Å². The molecule has 1 amide bonds. The Labute approximate surface area is 176 Å². The number of amides is 1. The first-order valence-corrected chi connectivity index (χ1v) is 10.1. The standard InChI is InChI=1S/C24H27N3O3/c1-24(2)13-19(26-23(28)16-10-11-21(29-3)22(12-16)30-4)18-15-25-27(20(18)14-24)17-8-6-5-7-9-17/h5-12,15,19H,13-14H2,1-4H3,(H,26,28)/t19-/m0/s1. The van der Waals surface area contributed by atoms with E-state index in [4.69, 9.17) is 9.47 Å². The summed E-state index contributed by atoms with van der Waals surface area (Å²) in [6.07, 6.45) is 3.64. The Morgan fingerprint density at radius 3 is 2.53 bits per heavy atom. The van der Waals surface area contributed by atoms with E-state index >= 15 is 0 Å². The van der Waals surface area contributed by atoms with Crippen molar-refractivity contribution >= 4 is 5.91 Å². The number of nitrogens with one attached hydrogen (secondary N) is 1. The van der Waals surface area contributed by atoms with E-state index < -0.39 is 0 Å². The van der Waals surface area contributed by atoms with Gasteiger partial charge in [-0.05, 0) is 48.6 Å². The van der Waals surface area contributed by atoms with Crippen LogP contribution < -0.4 is 14.8 Å². The summed E-state index contributed by atoms with van der Waals surface area (Å²) >= 11 is 0. The molecule has 1 aliphatic rings. The number of aromatic nitrogens is 2. The molecule has 0 aliphatic heterocycles. The van der Waals surface area contributed by atoms with Gasteiger partial charge in [0.1, 0.15) is 0 Å². The fourth-order valence-electron chi connectivity index (χ4n) is 4.18. The third-order valence-corrected chi connectivity index (χ3v) is 5.63. The minimum Gasteiger partial charge on any atom is -0.493 e. The van der Waals surface area contributed by atoms with Crippen molar-refractivity contribution in [2.24, 2.45) is 5.41 Å². The molecule has 1 heterocycles. The first kappa shape index (κ1) is 20.0. The van der Waals surface area contributed by atoms with E-state index in [0.29, 0.717) is 17.1 Å². The summed E-state index contributed by atoms with van der Waals surface area (Å²) in [5, 5.41) is 7.85. The van der Waals surface area contributed by atoms with Gasteiger partial charge in [0.15, 0.2) is 11.5 Å². The predicted molar refractivity (Wildman–Crippen MR) is 115 cm³/mol. The Kier molecular flexibility index (Phi) is 5.24. The van der Waals surface area contributed by atoms with Gasteiger partial charge in [0, 0.05) is 11.1 Å². The lowest BCUT2D eigenvalue weighted by Crippen LogP contribution is -2.36. The molecule has 3 aromatic rings. The molecular formula is C24H27N3O3. The van der Waals surface area contributed by atoms with Crippen molar-refractivity contribution in [3.63, 3.8) is 0 Å². The first-order valence-electron chi connectivity index (χ1n) is 10.1. The number of fused-ring (bicyclic) bond motifs is 1. The molecule has 0 saturated carbocycles. The molecular weight excluding hydrogens is 378 g/mol. The Morgan fingerprint density at radius 1 is 1.10 bits per heavy atom. The molecule has 0 radical (unpaired) electrons. The molecule has 0 unspecified atom stereocenters. The highest BCUT2D eigenvalue weighted by Gasteiger charge is 2.36. The molecule has 1 atom stereocenters. The van der Waals surface area contributed by atoms with Gasteiger partial charge in [0.25, 0.3) is 5.91 Å². The molecule has 0 spiro atoms. The number of para-hydroxylation sites is 1. The van der Waals surface area contributed by atoms with E-state index in [9.17, 15) is 4.79 Å². The predicted octanol–water partition coefficient (Wildman–Crippen LogP) is 4.33. The molecule has 6 nitrogen and oxygen atoms in total. The van der Waals surface area contributed by atoms with Crippen LogP contribution in [0.15, 0.2) is 54.7 Å². The van der Waals surface area contributed by atoms with Gasteiger partial charge >= 0.3 is 0 Å². The summed E-state index contributed by atoms with van der Waals surface area (Å²) < 4.78 is 12.6. The van der Waals surface area contributed by atoms with Gasteiger partial charge in [-0.1, -0.05) is 32.0 Å². The van der Waals surface area contributed by atoms with Crippen LogP contribution in [0.3, 0.4) is 0 Å². The van der Waals surface area contributed by atoms with E-state index in [1.807, 2.05) is 41.2 Å². The van der Waals surface area contributed by atoms with Crippen molar-refractivity contribution < 1.29 is 14.3 Å². The van der Waals surface area contributed by atoms with Gasteiger partial charge in [-0.3, -0.25) is 4.79 Å². The van der Waals surface area contributed by atoms with Gasteiger partial charge in [0.2, 0.25) is 0 Å². The van der Waals surface area contributed by atoms with Crippen LogP contribution in [0.2, 0.25) is 0 Å². The quantitative estimate of drug-likeness (QED) is 0.686. The largest absolute Gasteiger partial charge is 0.493 e. The molecule has 1 N–H and O–H groups in total. The summed E-state index contributed by atoms with van der Waals surface area (Å²) in [6.45, 7) is 4.46. The number of methoxy groups -OCH3 is 2. The number of hydrogen-bond acceptors (Lipinski definition) is 4. The van der Waals surface area contributed by atoms with Crippen LogP contribution in [-0.4, -0.2) is 29.9 Å². The minimum atomic E-state index is -0.142. The van der Waals surface area contributed by atoms with Crippen LogP contribution in [-0.2, 0) is 6.42 Å². The topological polar surface area (TPSA) is 65.4 Å².